The Morgan fingerprint density at radius 1 is 1.14 bits per heavy atom. The molecule has 0 saturated carbocycles. The van der Waals surface area contributed by atoms with Crippen molar-refractivity contribution in [3.8, 4) is 0 Å². The van der Waals surface area contributed by atoms with Crippen molar-refractivity contribution in [2.75, 3.05) is 36.4 Å². The van der Waals surface area contributed by atoms with Crippen LogP contribution >= 0.6 is 0 Å². The monoisotopic (exact) mass is 399 g/mol. The number of anilines is 2. The first kappa shape index (κ1) is 20.4. The third-order valence-electron chi connectivity index (χ3n) is 5.25. The molecular weight excluding hydrogens is 374 g/mol. The minimum absolute atomic E-state index is 0.191. The number of nitrogens with zero attached hydrogens (tertiary/aromatic N) is 4. The number of rotatable bonds is 7. The van der Waals surface area contributed by atoms with E-state index in [4.69, 9.17) is 0 Å². The fraction of sp³-hybridized carbons (Fsp3) is 0.579. The van der Waals surface area contributed by atoms with Gasteiger partial charge in [-0.3, -0.25) is 0 Å². The summed E-state index contributed by atoms with van der Waals surface area (Å²) in [5.74, 6) is 1.26. The molecule has 1 N–H and O–H groups in total. The molecule has 1 saturated heterocycles. The van der Waals surface area contributed by atoms with Crippen LogP contribution in [0.4, 0.5) is 29.2 Å². The SMILES string of the molecule is C=CC1CCN(c2nc3c(nc2NCC(F)F)CCN(C(=C)C(F)F)C3)CC1. The Morgan fingerprint density at radius 3 is 2.46 bits per heavy atom. The molecule has 0 amide bonds. The molecule has 0 aliphatic carbocycles. The van der Waals surface area contributed by atoms with Crippen LogP contribution in [-0.4, -0.2) is 53.9 Å². The van der Waals surface area contributed by atoms with Crippen LogP contribution in [0.3, 0.4) is 0 Å². The highest BCUT2D eigenvalue weighted by Crippen LogP contribution is 2.31. The zero-order valence-electron chi connectivity index (χ0n) is 15.7. The lowest BCUT2D eigenvalue weighted by Gasteiger charge is -2.35. The fourth-order valence-electron chi connectivity index (χ4n) is 3.57. The van der Waals surface area contributed by atoms with Gasteiger partial charge in [0.05, 0.1) is 30.2 Å². The Bertz CT molecular complexity index is 717. The summed E-state index contributed by atoms with van der Waals surface area (Å²) in [7, 11) is 0. The van der Waals surface area contributed by atoms with Crippen molar-refractivity contribution >= 4 is 11.6 Å². The van der Waals surface area contributed by atoms with Crippen LogP contribution in [0.25, 0.3) is 0 Å². The summed E-state index contributed by atoms with van der Waals surface area (Å²) in [5.41, 5.74) is 1.01. The number of nitrogens with one attached hydrogen (secondary N) is 1. The van der Waals surface area contributed by atoms with E-state index in [9.17, 15) is 17.6 Å². The van der Waals surface area contributed by atoms with Gasteiger partial charge in [-0.15, -0.1) is 6.58 Å². The molecule has 3 rings (SSSR count). The van der Waals surface area contributed by atoms with Crippen LogP contribution < -0.4 is 10.2 Å². The van der Waals surface area contributed by atoms with E-state index in [2.05, 4.69) is 28.4 Å². The van der Waals surface area contributed by atoms with Crippen molar-refractivity contribution in [1.82, 2.24) is 14.9 Å². The average Bonchev–Trinajstić information content (AvgIpc) is 2.70. The van der Waals surface area contributed by atoms with Crippen LogP contribution in [0.15, 0.2) is 24.9 Å². The molecule has 1 fully saturated rings. The first-order valence-corrected chi connectivity index (χ1v) is 9.40. The smallest absolute Gasteiger partial charge is 0.277 e. The summed E-state index contributed by atoms with van der Waals surface area (Å²) in [6.07, 6.45) is -1.01. The van der Waals surface area contributed by atoms with E-state index in [1.165, 1.54) is 4.90 Å². The lowest BCUT2D eigenvalue weighted by molar-refractivity contribution is 0.134. The van der Waals surface area contributed by atoms with Gasteiger partial charge in [0.15, 0.2) is 11.6 Å². The molecule has 0 bridgehead atoms. The molecule has 28 heavy (non-hydrogen) atoms. The normalized spacial score (nSPS) is 17.8. The standard InChI is InChI=1S/C19H25F4N5/c1-3-13-4-7-27(8-5-13)19-18(24-10-16(20)21)25-14-6-9-28(11-15(14)26-19)12(2)17(22)23/h3,13,16-17H,1-2,4-11H2,(H,24,25). The molecule has 1 aromatic heterocycles. The number of halogens is 4. The number of fused-ring (bicyclic) bond motifs is 1. The second-order valence-corrected chi connectivity index (χ2v) is 7.08. The number of aromatic nitrogens is 2. The quantitative estimate of drug-likeness (QED) is 0.560. The van der Waals surface area contributed by atoms with E-state index >= 15 is 0 Å². The fourth-order valence-corrected chi connectivity index (χ4v) is 3.57. The maximum atomic E-state index is 13.0. The van der Waals surface area contributed by atoms with E-state index in [0.29, 0.717) is 55.0 Å². The van der Waals surface area contributed by atoms with Gasteiger partial charge in [-0.25, -0.2) is 27.5 Å². The highest BCUT2D eigenvalue weighted by atomic mass is 19.3. The number of allylic oxidation sites excluding steroid dienone is 2. The van der Waals surface area contributed by atoms with E-state index in [1.54, 1.807) is 0 Å². The van der Waals surface area contributed by atoms with Gasteiger partial charge < -0.3 is 15.1 Å². The highest BCUT2D eigenvalue weighted by molar-refractivity contribution is 5.62. The van der Waals surface area contributed by atoms with Gasteiger partial charge in [-0.1, -0.05) is 12.7 Å². The van der Waals surface area contributed by atoms with Gasteiger partial charge in [0, 0.05) is 26.1 Å². The van der Waals surface area contributed by atoms with Gasteiger partial charge in [-0.2, -0.15) is 0 Å². The minimum atomic E-state index is -2.63. The summed E-state index contributed by atoms with van der Waals surface area (Å²) < 4.78 is 51.4. The molecule has 9 heteroatoms. The molecule has 0 spiro atoms. The van der Waals surface area contributed by atoms with Crippen molar-refractivity contribution in [3.63, 3.8) is 0 Å². The molecule has 154 valence electrons. The van der Waals surface area contributed by atoms with Crippen LogP contribution in [0.5, 0.6) is 0 Å². The molecule has 2 aliphatic rings. The molecule has 0 radical (unpaired) electrons. The lowest BCUT2D eigenvalue weighted by Crippen LogP contribution is -2.37. The second-order valence-electron chi connectivity index (χ2n) is 7.08. The van der Waals surface area contributed by atoms with E-state index in [0.717, 1.165) is 12.8 Å². The number of alkyl halides is 4. The summed E-state index contributed by atoms with van der Waals surface area (Å²) in [4.78, 5) is 12.7. The van der Waals surface area contributed by atoms with Gasteiger partial charge in [0.1, 0.15) is 0 Å². The van der Waals surface area contributed by atoms with Crippen LogP contribution in [0.2, 0.25) is 0 Å². The molecule has 1 aromatic rings. The number of piperidine rings is 1. The molecule has 2 aliphatic heterocycles. The van der Waals surface area contributed by atoms with Gasteiger partial charge in [-0.05, 0) is 18.8 Å². The maximum absolute atomic E-state index is 13.0. The van der Waals surface area contributed by atoms with Crippen molar-refractivity contribution < 1.29 is 17.6 Å². The molecule has 0 atom stereocenters. The van der Waals surface area contributed by atoms with E-state index < -0.39 is 19.4 Å². The van der Waals surface area contributed by atoms with Crippen molar-refractivity contribution in [2.24, 2.45) is 5.92 Å². The number of hydrogen-bond acceptors (Lipinski definition) is 5. The largest absolute Gasteiger partial charge is 0.364 e. The zero-order chi connectivity index (χ0) is 20.3. The van der Waals surface area contributed by atoms with Gasteiger partial charge >= 0.3 is 0 Å². The highest BCUT2D eigenvalue weighted by Gasteiger charge is 2.28. The number of hydrogen-bond donors (Lipinski definition) is 1. The Balaban J connectivity index is 1.87. The first-order valence-electron chi connectivity index (χ1n) is 9.40. The predicted molar refractivity (Wildman–Crippen MR) is 101 cm³/mol. The zero-order valence-corrected chi connectivity index (χ0v) is 15.7. The first-order chi connectivity index (χ1) is 13.4. The summed E-state index contributed by atoms with van der Waals surface area (Å²) in [6, 6.07) is 0. The molecule has 0 unspecified atom stereocenters. The predicted octanol–water partition coefficient (Wildman–Crippen LogP) is 3.69. The van der Waals surface area contributed by atoms with Crippen LogP contribution in [0, 0.1) is 5.92 Å². The second kappa shape index (κ2) is 8.79. The Hall–Kier alpha value is -2.32. The van der Waals surface area contributed by atoms with Crippen LogP contribution in [-0.2, 0) is 13.0 Å². The third-order valence-corrected chi connectivity index (χ3v) is 5.25. The molecule has 0 aromatic carbocycles. The molecule has 5 nitrogen and oxygen atoms in total. The van der Waals surface area contributed by atoms with E-state index in [-0.39, 0.29) is 12.2 Å². The Morgan fingerprint density at radius 2 is 1.86 bits per heavy atom. The van der Waals surface area contributed by atoms with Crippen molar-refractivity contribution in [3.05, 3.63) is 36.3 Å². The van der Waals surface area contributed by atoms with Gasteiger partial charge in [0.25, 0.3) is 12.9 Å². The van der Waals surface area contributed by atoms with E-state index in [1.807, 2.05) is 11.0 Å². The average molecular weight is 399 g/mol. The van der Waals surface area contributed by atoms with Gasteiger partial charge in [0.2, 0.25) is 0 Å². The molecule has 3 heterocycles. The minimum Gasteiger partial charge on any atom is -0.364 e. The molecular formula is C19H25F4N5. The summed E-state index contributed by atoms with van der Waals surface area (Å²) in [6.45, 7) is 8.73. The topological polar surface area (TPSA) is 44.3 Å². The van der Waals surface area contributed by atoms with Crippen LogP contribution in [0.1, 0.15) is 24.2 Å². The summed E-state index contributed by atoms with van der Waals surface area (Å²) in [5, 5.41) is 2.70. The van der Waals surface area contributed by atoms with Crippen molar-refractivity contribution in [2.45, 2.75) is 38.7 Å². The summed E-state index contributed by atoms with van der Waals surface area (Å²) >= 11 is 0. The Labute approximate surface area is 162 Å². The lowest BCUT2D eigenvalue weighted by atomic mass is 9.97. The van der Waals surface area contributed by atoms with Crippen molar-refractivity contribution in [1.29, 1.82) is 0 Å². The Kier molecular flexibility index (Phi) is 6.41. The third kappa shape index (κ3) is 4.56. The maximum Gasteiger partial charge on any atom is 0.277 e.